The van der Waals surface area contributed by atoms with Gasteiger partial charge in [-0.1, -0.05) is 18.2 Å². The van der Waals surface area contributed by atoms with E-state index in [4.69, 9.17) is 4.42 Å². The molecule has 0 unspecified atom stereocenters. The predicted molar refractivity (Wildman–Crippen MR) is 81.1 cm³/mol. The van der Waals surface area contributed by atoms with Gasteiger partial charge in [-0.05, 0) is 31.2 Å². The summed E-state index contributed by atoms with van der Waals surface area (Å²) in [5.74, 6) is -0.981. The van der Waals surface area contributed by atoms with Crippen molar-refractivity contribution in [2.45, 2.75) is 13.5 Å². The molecule has 22 heavy (non-hydrogen) atoms. The van der Waals surface area contributed by atoms with E-state index in [9.17, 15) is 9.59 Å². The van der Waals surface area contributed by atoms with E-state index in [1.165, 1.54) is 11.3 Å². The van der Waals surface area contributed by atoms with Crippen molar-refractivity contribution in [3.63, 3.8) is 0 Å². The van der Waals surface area contributed by atoms with Crippen LogP contribution in [0.2, 0.25) is 0 Å². The number of carbonyl (C=O) groups is 2. The topological polar surface area (TPSA) is 74.9 Å². The van der Waals surface area contributed by atoms with Crippen molar-refractivity contribution < 1.29 is 14.0 Å². The van der Waals surface area contributed by atoms with E-state index in [1.54, 1.807) is 31.2 Å². The van der Waals surface area contributed by atoms with Crippen molar-refractivity contribution in [2.24, 2.45) is 11.0 Å². The number of anilines is 1. The van der Waals surface area contributed by atoms with Crippen LogP contribution in [-0.4, -0.2) is 17.5 Å². The molecule has 1 atom stereocenters. The molecule has 6 nitrogen and oxygen atoms in total. The van der Waals surface area contributed by atoms with Gasteiger partial charge in [0, 0.05) is 0 Å². The van der Waals surface area contributed by atoms with Crippen molar-refractivity contribution in [1.82, 2.24) is 5.32 Å². The van der Waals surface area contributed by atoms with Crippen molar-refractivity contribution in [3.05, 3.63) is 54.5 Å². The van der Waals surface area contributed by atoms with E-state index >= 15 is 0 Å². The zero-order chi connectivity index (χ0) is 15.5. The molecule has 2 amide bonds. The van der Waals surface area contributed by atoms with E-state index < -0.39 is 5.92 Å². The minimum atomic E-state index is -0.893. The van der Waals surface area contributed by atoms with E-state index in [0.29, 0.717) is 17.2 Å². The van der Waals surface area contributed by atoms with Crippen molar-refractivity contribution in [2.75, 3.05) is 5.01 Å². The van der Waals surface area contributed by atoms with Crippen LogP contribution in [0.15, 0.2) is 58.2 Å². The summed E-state index contributed by atoms with van der Waals surface area (Å²) in [6.07, 6.45) is 1.53. The highest BCUT2D eigenvalue weighted by Crippen LogP contribution is 2.23. The first-order valence-electron chi connectivity index (χ1n) is 6.91. The third kappa shape index (κ3) is 2.63. The van der Waals surface area contributed by atoms with Crippen LogP contribution in [0.3, 0.4) is 0 Å². The summed E-state index contributed by atoms with van der Waals surface area (Å²) in [5.41, 5.74) is 1.12. The maximum absolute atomic E-state index is 12.4. The molecule has 1 aliphatic rings. The largest absolute Gasteiger partial charge is 0.467 e. The number of furan rings is 1. The van der Waals surface area contributed by atoms with Crippen molar-refractivity contribution in [1.29, 1.82) is 0 Å². The van der Waals surface area contributed by atoms with Crippen LogP contribution in [0.4, 0.5) is 5.69 Å². The summed E-state index contributed by atoms with van der Waals surface area (Å²) in [6, 6.07) is 12.5. The van der Waals surface area contributed by atoms with Crippen LogP contribution < -0.4 is 10.3 Å². The smallest absolute Gasteiger partial charge is 0.265 e. The Morgan fingerprint density at radius 2 is 2.05 bits per heavy atom. The van der Waals surface area contributed by atoms with Gasteiger partial charge in [0.05, 0.1) is 24.2 Å². The highest BCUT2D eigenvalue weighted by atomic mass is 16.3. The lowest BCUT2D eigenvalue weighted by Crippen LogP contribution is -2.39. The Morgan fingerprint density at radius 1 is 1.27 bits per heavy atom. The fourth-order valence-corrected chi connectivity index (χ4v) is 2.31. The maximum Gasteiger partial charge on any atom is 0.265 e. The molecule has 1 aromatic carbocycles. The fraction of sp³-hybridized carbons (Fsp3) is 0.188. The van der Waals surface area contributed by atoms with Gasteiger partial charge in [-0.2, -0.15) is 10.1 Å². The molecule has 3 rings (SSSR count). The van der Waals surface area contributed by atoms with E-state index in [2.05, 4.69) is 10.4 Å². The van der Waals surface area contributed by atoms with Crippen molar-refractivity contribution >= 4 is 23.2 Å². The molecular formula is C16H15N3O3. The molecule has 0 saturated heterocycles. The predicted octanol–water partition coefficient (Wildman–Crippen LogP) is 1.93. The van der Waals surface area contributed by atoms with Gasteiger partial charge in [-0.3, -0.25) is 9.59 Å². The number of hydrogen-bond donors (Lipinski definition) is 1. The molecule has 0 radical (unpaired) electrons. The Hall–Kier alpha value is -2.89. The molecular weight excluding hydrogens is 282 g/mol. The second-order valence-corrected chi connectivity index (χ2v) is 4.96. The van der Waals surface area contributed by atoms with Gasteiger partial charge >= 0.3 is 0 Å². The highest BCUT2D eigenvalue weighted by molar-refractivity contribution is 6.26. The van der Waals surface area contributed by atoms with Gasteiger partial charge in [0.1, 0.15) is 5.76 Å². The molecule has 6 heteroatoms. The quantitative estimate of drug-likeness (QED) is 0.876. The first-order valence-corrected chi connectivity index (χ1v) is 6.91. The Bertz CT molecular complexity index is 708. The Morgan fingerprint density at radius 3 is 2.73 bits per heavy atom. The fourth-order valence-electron chi connectivity index (χ4n) is 2.31. The lowest BCUT2D eigenvalue weighted by atomic mass is 10.0. The average molecular weight is 297 g/mol. The van der Waals surface area contributed by atoms with Gasteiger partial charge in [-0.15, -0.1) is 0 Å². The van der Waals surface area contributed by atoms with Gasteiger partial charge < -0.3 is 9.73 Å². The van der Waals surface area contributed by atoms with Gasteiger partial charge in [0.25, 0.3) is 5.91 Å². The van der Waals surface area contributed by atoms with Crippen LogP contribution in [0.5, 0.6) is 0 Å². The summed E-state index contributed by atoms with van der Waals surface area (Å²) in [5, 5.41) is 8.17. The Kier molecular flexibility index (Phi) is 3.74. The second-order valence-electron chi connectivity index (χ2n) is 4.96. The Labute approximate surface area is 127 Å². The normalized spacial score (nSPS) is 17.5. The zero-order valence-corrected chi connectivity index (χ0v) is 12.0. The second kappa shape index (κ2) is 5.85. The van der Waals surface area contributed by atoms with Crippen LogP contribution >= 0.6 is 0 Å². The van der Waals surface area contributed by atoms with Crippen LogP contribution in [0, 0.1) is 5.92 Å². The number of carbonyl (C=O) groups excluding carboxylic acids is 2. The van der Waals surface area contributed by atoms with Gasteiger partial charge in [0.2, 0.25) is 5.91 Å². The molecule has 0 saturated carbocycles. The highest BCUT2D eigenvalue weighted by Gasteiger charge is 2.39. The molecule has 0 spiro atoms. The van der Waals surface area contributed by atoms with Gasteiger partial charge in [-0.25, -0.2) is 0 Å². The third-order valence-corrected chi connectivity index (χ3v) is 3.41. The zero-order valence-electron chi connectivity index (χ0n) is 12.0. The first-order chi connectivity index (χ1) is 10.7. The number of nitrogens with zero attached hydrogens (tertiary/aromatic N) is 2. The first kappa shape index (κ1) is 14.1. The molecule has 2 heterocycles. The molecule has 1 aliphatic heterocycles. The SMILES string of the molecule is CC1=NN(c2ccccc2)C(=O)[C@H]1C(=O)NCc1ccco1. The Balaban J connectivity index is 1.71. The van der Waals surface area contributed by atoms with Gasteiger partial charge in [0.15, 0.2) is 5.92 Å². The summed E-state index contributed by atoms with van der Waals surface area (Å²) < 4.78 is 5.15. The molecule has 0 bridgehead atoms. The third-order valence-electron chi connectivity index (χ3n) is 3.41. The average Bonchev–Trinajstić information content (AvgIpc) is 3.14. The van der Waals surface area contributed by atoms with E-state index in [1.807, 2.05) is 18.2 Å². The number of amides is 2. The number of rotatable bonds is 4. The van der Waals surface area contributed by atoms with Crippen molar-refractivity contribution in [3.8, 4) is 0 Å². The van der Waals surface area contributed by atoms with E-state index in [-0.39, 0.29) is 18.4 Å². The number of benzene rings is 1. The standard InChI is InChI=1S/C16H15N3O3/c1-11-14(15(20)17-10-13-8-5-9-22-13)16(21)19(18-11)12-6-3-2-4-7-12/h2-9,14H,10H2,1H3,(H,17,20)/t14-/m1/s1. The van der Waals surface area contributed by atoms with Crippen LogP contribution in [0.25, 0.3) is 0 Å². The number of nitrogens with one attached hydrogen (secondary N) is 1. The maximum atomic E-state index is 12.4. The lowest BCUT2D eigenvalue weighted by molar-refractivity contribution is -0.130. The number of hydrazone groups is 1. The molecule has 0 aliphatic carbocycles. The summed E-state index contributed by atoms with van der Waals surface area (Å²) in [6.45, 7) is 1.92. The van der Waals surface area contributed by atoms with Crippen LogP contribution in [-0.2, 0) is 16.1 Å². The minimum Gasteiger partial charge on any atom is -0.467 e. The molecule has 0 fully saturated rings. The monoisotopic (exact) mass is 297 g/mol. The molecule has 1 N–H and O–H groups in total. The molecule has 2 aromatic rings. The van der Waals surface area contributed by atoms with E-state index in [0.717, 1.165) is 0 Å². The molecule has 112 valence electrons. The minimum absolute atomic E-state index is 0.244. The number of hydrogen-bond acceptors (Lipinski definition) is 4. The summed E-state index contributed by atoms with van der Waals surface area (Å²) in [7, 11) is 0. The van der Waals surface area contributed by atoms with Crippen LogP contribution in [0.1, 0.15) is 12.7 Å². The molecule has 1 aromatic heterocycles. The summed E-state index contributed by atoms with van der Waals surface area (Å²) >= 11 is 0. The number of para-hydroxylation sites is 1. The summed E-state index contributed by atoms with van der Waals surface area (Å²) in [4.78, 5) is 24.7. The lowest BCUT2D eigenvalue weighted by Gasteiger charge is -2.14.